The van der Waals surface area contributed by atoms with Crippen molar-refractivity contribution < 1.29 is 9.59 Å². The second-order valence-corrected chi connectivity index (χ2v) is 8.61. The molecule has 3 unspecified atom stereocenters. The fourth-order valence-electron chi connectivity index (χ4n) is 3.43. The molecule has 1 aromatic rings. The number of hydrogen-bond donors (Lipinski definition) is 3. The van der Waals surface area contributed by atoms with Gasteiger partial charge in [0.05, 0.1) is 29.3 Å². The van der Waals surface area contributed by atoms with Gasteiger partial charge in [-0.25, -0.2) is 0 Å². The minimum Gasteiger partial charge on any atom is -0.350 e. The van der Waals surface area contributed by atoms with Crippen LogP contribution in [-0.4, -0.2) is 33.4 Å². The highest BCUT2D eigenvalue weighted by Crippen LogP contribution is 2.50. The number of pyridine rings is 1. The Balaban J connectivity index is 1.24. The number of nitrogens with one attached hydrogen (secondary N) is 3. The third-order valence-electron chi connectivity index (χ3n) is 4.60. The summed E-state index contributed by atoms with van der Waals surface area (Å²) in [4.78, 5) is 30.1. The van der Waals surface area contributed by atoms with Crippen molar-refractivity contribution in [2.24, 2.45) is 5.92 Å². The first kappa shape index (κ1) is 16.9. The Kier molecular flexibility index (Phi) is 5.00. The monoisotopic (exact) mass is 376 g/mol. The number of fused-ring (bicyclic) bond motifs is 2. The third-order valence-corrected chi connectivity index (χ3v) is 7.03. The van der Waals surface area contributed by atoms with Gasteiger partial charge >= 0.3 is 0 Å². The van der Waals surface area contributed by atoms with Gasteiger partial charge in [0, 0.05) is 6.20 Å². The quantitative estimate of drug-likeness (QED) is 0.723. The summed E-state index contributed by atoms with van der Waals surface area (Å²) in [7, 11) is 0. The van der Waals surface area contributed by atoms with Crippen LogP contribution in [0.2, 0.25) is 0 Å². The SMILES string of the molecule is O=C(CSC1NC(=O)C2C3=C(CCC3)SC2N1)NCc1ccccn1. The normalized spacial score (nSPS) is 27.7. The molecule has 0 spiro atoms. The van der Waals surface area contributed by atoms with E-state index in [0.29, 0.717) is 12.3 Å². The Labute approximate surface area is 155 Å². The summed E-state index contributed by atoms with van der Waals surface area (Å²) in [6.07, 6.45) is 5.03. The van der Waals surface area contributed by atoms with Crippen LogP contribution in [0.5, 0.6) is 0 Å². The minimum atomic E-state index is -0.220. The van der Waals surface area contributed by atoms with Gasteiger partial charge in [-0.1, -0.05) is 6.07 Å². The number of hydrogen-bond acceptors (Lipinski definition) is 6. The standard InChI is InChI=1S/C17H20N4O2S2/c22-13(19-8-10-4-1-2-7-18-10)9-24-17-20-15(23)14-11-5-3-6-12(11)25-16(14)21-17/h1-2,4,7,14,16-17,21H,3,5-6,8-9H2,(H,19,22)(H,20,23). The number of allylic oxidation sites excluding steroid dienone is 1. The van der Waals surface area contributed by atoms with Gasteiger partial charge in [0.25, 0.3) is 0 Å². The number of amides is 2. The van der Waals surface area contributed by atoms with Crippen LogP contribution < -0.4 is 16.0 Å². The summed E-state index contributed by atoms with van der Waals surface area (Å²) in [6, 6.07) is 5.61. The van der Waals surface area contributed by atoms with Gasteiger partial charge in [-0.3, -0.25) is 19.9 Å². The number of nitrogens with zero attached hydrogens (tertiary/aromatic N) is 1. The van der Waals surface area contributed by atoms with E-state index in [9.17, 15) is 9.59 Å². The van der Waals surface area contributed by atoms with Gasteiger partial charge in [-0.2, -0.15) is 0 Å². The summed E-state index contributed by atoms with van der Waals surface area (Å²) in [5.41, 5.74) is 1.94. The van der Waals surface area contributed by atoms with Gasteiger partial charge in [0.2, 0.25) is 11.8 Å². The fourth-order valence-corrected chi connectivity index (χ4v) is 5.96. The van der Waals surface area contributed by atoms with Crippen LogP contribution in [0.3, 0.4) is 0 Å². The summed E-state index contributed by atoms with van der Waals surface area (Å²) in [5, 5.41) is 9.44. The first-order valence-electron chi connectivity index (χ1n) is 8.44. The molecule has 1 aromatic heterocycles. The van der Waals surface area contributed by atoms with Gasteiger partial charge in [0.15, 0.2) is 0 Å². The number of rotatable bonds is 5. The second kappa shape index (κ2) is 7.39. The van der Waals surface area contributed by atoms with Crippen LogP contribution in [-0.2, 0) is 16.1 Å². The van der Waals surface area contributed by atoms with Crippen molar-refractivity contribution in [1.82, 2.24) is 20.9 Å². The van der Waals surface area contributed by atoms with Gasteiger partial charge in [0.1, 0.15) is 5.50 Å². The summed E-state index contributed by atoms with van der Waals surface area (Å²) >= 11 is 3.21. The molecule has 3 N–H and O–H groups in total. The van der Waals surface area contributed by atoms with E-state index < -0.39 is 0 Å². The molecule has 6 nitrogen and oxygen atoms in total. The molecule has 0 bridgehead atoms. The van der Waals surface area contributed by atoms with Crippen LogP contribution in [0.25, 0.3) is 0 Å². The largest absolute Gasteiger partial charge is 0.350 e. The Morgan fingerprint density at radius 2 is 2.32 bits per heavy atom. The van der Waals surface area contributed by atoms with Crippen LogP contribution in [0, 0.1) is 5.92 Å². The zero-order valence-corrected chi connectivity index (χ0v) is 15.3. The van der Waals surface area contributed by atoms with E-state index in [-0.39, 0.29) is 28.6 Å². The van der Waals surface area contributed by atoms with E-state index in [1.54, 1.807) is 18.0 Å². The van der Waals surface area contributed by atoms with Crippen molar-refractivity contribution in [2.45, 2.75) is 36.7 Å². The molecule has 3 atom stereocenters. The predicted octanol–water partition coefficient (Wildman–Crippen LogP) is 1.56. The molecule has 0 aromatic carbocycles. The maximum Gasteiger partial charge on any atom is 0.231 e. The minimum absolute atomic E-state index is 0.0302. The van der Waals surface area contributed by atoms with E-state index in [0.717, 1.165) is 18.5 Å². The second-order valence-electron chi connectivity index (χ2n) is 6.28. The summed E-state index contributed by atoms with van der Waals surface area (Å²) in [6.45, 7) is 0.419. The maximum absolute atomic E-state index is 12.5. The van der Waals surface area contributed by atoms with Gasteiger partial charge in [-0.15, -0.1) is 23.5 Å². The Hall–Kier alpha value is -1.51. The van der Waals surface area contributed by atoms with Crippen LogP contribution in [0.4, 0.5) is 0 Å². The molecule has 132 valence electrons. The van der Waals surface area contributed by atoms with Crippen molar-refractivity contribution in [3.63, 3.8) is 0 Å². The van der Waals surface area contributed by atoms with Crippen LogP contribution in [0.15, 0.2) is 34.9 Å². The zero-order chi connectivity index (χ0) is 17.2. The molecule has 1 fully saturated rings. The smallest absolute Gasteiger partial charge is 0.231 e. The lowest BCUT2D eigenvalue weighted by molar-refractivity contribution is -0.126. The molecule has 0 saturated carbocycles. The van der Waals surface area contributed by atoms with Crippen LogP contribution >= 0.6 is 23.5 Å². The topological polar surface area (TPSA) is 83.1 Å². The molecule has 1 aliphatic carbocycles. The lowest BCUT2D eigenvalue weighted by atomic mass is 9.96. The molecule has 3 aliphatic rings. The lowest BCUT2D eigenvalue weighted by Gasteiger charge is -2.34. The molecule has 0 radical (unpaired) electrons. The highest BCUT2D eigenvalue weighted by molar-refractivity contribution is 8.04. The molecule has 2 aliphatic heterocycles. The zero-order valence-electron chi connectivity index (χ0n) is 13.7. The van der Waals surface area contributed by atoms with Gasteiger partial charge < -0.3 is 10.6 Å². The number of carbonyl (C=O) groups excluding carboxylic acids is 2. The number of aromatic nitrogens is 1. The molecular weight excluding hydrogens is 356 g/mol. The predicted molar refractivity (Wildman–Crippen MR) is 99.4 cm³/mol. The van der Waals surface area contributed by atoms with E-state index >= 15 is 0 Å². The van der Waals surface area contributed by atoms with Crippen molar-refractivity contribution >= 4 is 35.3 Å². The molecule has 8 heteroatoms. The molecule has 3 heterocycles. The maximum atomic E-state index is 12.5. The molecule has 4 rings (SSSR count). The van der Waals surface area contributed by atoms with E-state index in [1.807, 2.05) is 18.2 Å². The van der Waals surface area contributed by atoms with Crippen molar-refractivity contribution in [1.29, 1.82) is 0 Å². The first-order valence-corrected chi connectivity index (χ1v) is 10.4. The average Bonchev–Trinajstić information content (AvgIpc) is 3.19. The first-order chi connectivity index (χ1) is 12.2. The summed E-state index contributed by atoms with van der Waals surface area (Å²) < 4.78 is 0. The van der Waals surface area contributed by atoms with Crippen molar-refractivity contribution in [2.75, 3.05) is 5.75 Å². The van der Waals surface area contributed by atoms with E-state index in [1.165, 1.54) is 28.7 Å². The lowest BCUT2D eigenvalue weighted by Crippen LogP contribution is -2.58. The Morgan fingerprint density at radius 3 is 3.16 bits per heavy atom. The Morgan fingerprint density at radius 1 is 1.40 bits per heavy atom. The molecular formula is C17H20N4O2S2. The molecule has 2 amide bonds. The average molecular weight is 377 g/mol. The summed E-state index contributed by atoms with van der Waals surface area (Å²) in [5.74, 6) is 0.292. The highest BCUT2D eigenvalue weighted by atomic mass is 32.2. The third kappa shape index (κ3) is 3.70. The molecule has 1 saturated heterocycles. The number of thioether (sulfide) groups is 2. The van der Waals surface area contributed by atoms with E-state index in [4.69, 9.17) is 0 Å². The van der Waals surface area contributed by atoms with Crippen LogP contribution in [0.1, 0.15) is 25.0 Å². The van der Waals surface area contributed by atoms with Crippen molar-refractivity contribution in [3.8, 4) is 0 Å². The van der Waals surface area contributed by atoms with Gasteiger partial charge in [-0.05, 0) is 41.9 Å². The molecule has 25 heavy (non-hydrogen) atoms. The van der Waals surface area contributed by atoms with Crippen molar-refractivity contribution in [3.05, 3.63) is 40.6 Å². The fraction of sp³-hybridized carbons (Fsp3) is 0.471. The van der Waals surface area contributed by atoms with E-state index in [2.05, 4.69) is 20.9 Å². The number of carbonyl (C=O) groups is 2. The highest BCUT2D eigenvalue weighted by Gasteiger charge is 2.45. The Bertz CT molecular complexity index is 710.